The molecule has 5 atom stereocenters. The van der Waals surface area contributed by atoms with Crippen molar-refractivity contribution in [3.05, 3.63) is 53.1 Å². The molecule has 7 rings (SSSR count). The molecule has 4 fully saturated rings. The normalized spacial score (nSPS) is 24.9. The van der Waals surface area contributed by atoms with Crippen LogP contribution in [0.5, 0.6) is 0 Å². The first kappa shape index (κ1) is 32.6. The number of halogens is 3. The van der Waals surface area contributed by atoms with Crippen LogP contribution in [0, 0.1) is 29.3 Å². The van der Waals surface area contributed by atoms with E-state index < -0.39 is 35.6 Å². The van der Waals surface area contributed by atoms with Crippen molar-refractivity contribution in [2.24, 2.45) is 11.8 Å². The molecule has 0 bridgehead atoms. The first-order valence-corrected chi connectivity index (χ1v) is 17.5. The number of nitrogens with zero attached hydrogens (tertiary/aromatic N) is 4. The van der Waals surface area contributed by atoms with Crippen molar-refractivity contribution < 1.29 is 27.5 Å². The zero-order chi connectivity index (χ0) is 33.7. The third-order valence-electron chi connectivity index (χ3n) is 11.0. The van der Waals surface area contributed by atoms with Crippen LogP contribution >= 0.6 is 0 Å². The average Bonchev–Trinajstić information content (AvgIpc) is 3.86. The maximum atomic E-state index is 15.9. The molecule has 1 saturated carbocycles. The standard InChI is InChI=1S/C36H45F3N6O3/c1-20(2)32(42-36(47)48-3)35(46)45-29-10-7-9-21(29)15-31(45)34-40-27-18-23(24(37)19-28(27)41-34)30-11-8-14-44(30)22-16-25(38)33(26(39)17-22)43-12-5-4-6-13-43/h16-21,29-32H,4-15H2,1-3H3,(H,40,41)(H,42,47)/t21-,29-,30+,31-,32?/m0/s1. The minimum absolute atomic E-state index is 0.0242. The number of carbonyl (C=O) groups is 2. The molecule has 0 spiro atoms. The third-order valence-corrected chi connectivity index (χ3v) is 11.0. The number of methoxy groups -OCH3 is 1. The summed E-state index contributed by atoms with van der Waals surface area (Å²) in [7, 11) is 1.28. The Bertz CT molecular complexity index is 1670. The van der Waals surface area contributed by atoms with Crippen molar-refractivity contribution in [2.45, 2.75) is 95.8 Å². The van der Waals surface area contributed by atoms with Crippen LogP contribution in [0.2, 0.25) is 0 Å². The number of aromatic nitrogens is 2. The molecule has 2 aromatic carbocycles. The highest BCUT2D eigenvalue weighted by Crippen LogP contribution is 2.48. The highest BCUT2D eigenvalue weighted by atomic mass is 19.1. The molecule has 258 valence electrons. The van der Waals surface area contributed by atoms with Crippen molar-refractivity contribution in [3.8, 4) is 0 Å². The van der Waals surface area contributed by atoms with E-state index >= 15 is 13.2 Å². The van der Waals surface area contributed by atoms with Crippen molar-refractivity contribution in [1.82, 2.24) is 20.2 Å². The van der Waals surface area contributed by atoms with Crippen LogP contribution in [0.1, 0.15) is 95.1 Å². The van der Waals surface area contributed by atoms with Gasteiger partial charge in [0.25, 0.3) is 0 Å². The van der Waals surface area contributed by atoms with Crippen LogP contribution in [-0.4, -0.2) is 65.7 Å². The molecule has 0 radical (unpaired) electrons. The van der Waals surface area contributed by atoms with Gasteiger partial charge in [0.15, 0.2) is 11.6 Å². The van der Waals surface area contributed by atoms with Crippen LogP contribution in [-0.2, 0) is 9.53 Å². The topological polar surface area (TPSA) is 93.8 Å². The van der Waals surface area contributed by atoms with Gasteiger partial charge in [0.2, 0.25) is 5.91 Å². The van der Waals surface area contributed by atoms with Gasteiger partial charge in [-0.25, -0.2) is 22.9 Å². The molecule has 1 aliphatic carbocycles. The summed E-state index contributed by atoms with van der Waals surface area (Å²) in [5, 5.41) is 2.73. The van der Waals surface area contributed by atoms with E-state index in [0.717, 1.165) is 51.4 Å². The third kappa shape index (κ3) is 5.85. The highest BCUT2D eigenvalue weighted by Gasteiger charge is 2.49. The molecule has 2 N–H and O–H groups in total. The number of anilines is 2. The zero-order valence-electron chi connectivity index (χ0n) is 27.9. The Balaban J connectivity index is 1.18. The number of aromatic amines is 1. The Morgan fingerprint density at radius 2 is 1.67 bits per heavy atom. The largest absolute Gasteiger partial charge is 0.453 e. The molecular weight excluding hydrogens is 621 g/mol. The Hall–Kier alpha value is -3.96. The van der Waals surface area contributed by atoms with E-state index in [4.69, 9.17) is 9.72 Å². The number of benzene rings is 2. The van der Waals surface area contributed by atoms with Gasteiger partial charge >= 0.3 is 6.09 Å². The van der Waals surface area contributed by atoms with E-state index in [-0.39, 0.29) is 29.6 Å². The minimum Gasteiger partial charge on any atom is -0.453 e. The number of alkyl carbamates (subject to hydrolysis) is 1. The number of hydrogen-bond donors (Lipinski definition) is 2. The van der Waals surface area contributed by atoms with Gasteiger partial charge in [0.1, 0.15) is 23.4 Å². The Kier molecular flexibility index (Phi) is 8.93. The van der Waals surface area contributed by atoms with Gasteiger partial charge in [-0.05, 0) is 81.4 Å². The fourth-order valence-electron chi connectivity index (χ4n) is 8.73. The number of hydrogen-bond acceptors (Lipinski definition) is 6. The number of carbonyl (C=O) groups excluding carboxylic acids is 2. The van der Waals surface area contributed by atoms with Crippen molar-refractivity contribution in [3.63, 3.8) is 0 Å². The summed E-state index contributed by atoms with van der Waals surface area (Å²) in [5.41, 5.74) is 1.97. The minimum atomic E-state index is -0.760. The van der Waals surface area contributed by atoms with Crippen molar-refractivity contribution >= 4 is 34.4 Å². The van der Waals surface area contributed by atoms with Gasteiger partial charge in [-0.1, -0.05) is 20.3 Å². The van der Waals surface area contributed by atoms with Crippen LogP contribution < -0.4 is 15.1 Å². The number of rotatable bonds is 7. The summed E-state index contributed by atoms with van der Waals surface area (Å²) in [5.74, 6) is -1.04. The quantitative estimate of drug-likeness (QED) is 0.279. The van der Waals surface area contributed by atoms with E-state index in [1.165, 1.54) is 25.3 Å². The molecule has 48 heavy (non-hydrogen) atoms. The van der Waals surface area contributed by atoms with E-state index in [1.54, 1.807) is 11.0 Å². The molecule has 12 heteroatoms. The molecule has 2 amide bonds. The number of piperidine rings is 1. The summed E-state index contributed by atoms with van der Waals surface area (Å²) in [6.07, 6.45) is 7.28. The molecule has 4 aliphatic rings. The summed E-state index contributed by atoms with van der Waals surface area (Å²) in [6.45, 7) is 5.59. The lowest BCUT2D eigenvalue weighted by Crippen LogP contribution is -2.53. The van der Waals surface area contributed by atoms with Crippen LogP contribution in [0.25, 0.3) is 11.0 Å². The molecule has 4 heterocycles. The first-order valence-electron chi connectivity index (χ1n) is 17.5. The lowest BCUT2D eigenvalue weighted by Gasteiger charge is -2.33. The van der Waals surface area contributed by atoms with E-state index in [1.807, 2.05) is 23.6 Å². The van der Waals surface area contributed by atoms with Gasteiger partial charge in [0.05, 0.1) is 30.2 Å². The fourth-order valence-corrected chi connectivity index (χ4v) is 8.73. The molecule has 1 aromatic heterocycles. The van der Waals surface area contributed by atoms with Gasteiger partial charge < -0.3 is 29.7 Å². The fraction of sp³-hybridized carbons (Fsp3) is 0.583. The van der Waals surface area contributed by atoms with Crippen LogP contribution in [0.15, 0.2) is 24.3 Å². The van der Waals surface area contributed by atoms with E-state index in [0.29, 0.717) is 60.1 Å². The van der Waals surface area contributed by atoms with Gasteiger partial charge in [-0.15, -0.1) is 0 Å². The summed E-state index contributed by atoms with van der Waals surface area (Å²) >= 11 is 0. The van der Waals surface area contributed by atoms with Crippen LogP contribution in [0.3, 0.4) is 0 Å². The molecule has 3 aliphatic heterocycles. The molecule has 1 unspecified atom stereocenters. The number of imidazole rings is 1. The lowest BCUT2D eigenvalue weighted by molar-refractivity contribution is -0.137. The van der Waals surface area contributed by atoms with E-state index in [9.17, 15) is 9.59 Å². The monoisotopic (exact) mass is 666 g/mol. The molecule has 3 saturated heterocycles. The Morgan fingerprint density at radius 1 is 0.917 bits per heavy atom. The van der Waals surface area contributed by atoms with Crippen molar-refractivity contribution in [2.75, 3.05) is 36.5 Å². The predicted octanol–water partition coefficient (Wildman–Crippen LogP) is 7.13. The second-order valence-corrected chi connectivity index (χ2v) is 14.3. The number of likely N-dealkylation sites (tertiary alicyclic amines) is 1. The van der Waals surface area contributed by atoms with Gasteiger partial charge in [-0.3, -0.25) is 4.79 Å². The molecular formula is C36H45F3N6O3. The van der Waals surface area contributed by atoms with Gasteiger partial charge in [-0.2, -0.15) is 0 Å². The number of H-pyrrole nitrogens is 1. The van der Waals surface area contributed by atoms with Crippen LogP contribution in [0.4, 0.5) is 29.3 Å². The summed E-state index contributed by atoms with van der Waals surface area (Å²) in [4.78, 5) is 40.0. The van der Waals surface area contributed by atoms with Crippen molar-refractivity contribution in [1.29, 1.82) is 0 Å². The zero-order valence-corrected chi connectivity index (χ0v) is 27.9. The summed E-state index contributed by atoms with van der Waals surface area (Å²) in [6, 6.07) is 4.48. The predicted molar refractivity (Wildman–Crippen MR) is 177 cm³/mol. The maximum absolute atomic E-state index is 15.9. The number of nitrogens with one attached hydrogen (secondary N) is 2. The summed E-state index contributed by atoms with van der Waals surface area (Å²) < 4.78 is 51.5. The Labute approximate surface area is 279 Å². The molecule has 9 nitrogen and oxygen atoms in total. The average molecular weight is 667 g/mol. The maximum Gasteiger partial charge on any atom is 0.407 e. The highest BCUT2D eigenvalue weighted by molar-refractivity contribution is 5.87. The molecule has 3 aromatic rings. The Morgan fingerprint density at radius 3 is 2.38 bits per heavy atom. The number of fused-ring (bicyclic) bond motifs is 2. The number of ether oxygens (including phenoxy) is 1. The second-order valence-electron chi connectivity index (χ2n) is 14.3. The smallest absolute Gasteiger partial charge is 0.407 e. The second kappa shape index (κ2) is 13.2. The van der Waals surface area contributed by atoms with E-state index in [2.05, 4.69) is 10.3 Å². The first-order chi connectivity index (χ1) is 23.1. The SMILES string of the molecule is COC(=O)NC(C(=O)N1[C@H](c2nc3cc(F)c([C@H]4CCCN4c4cc(F)c(N5CCCCC5)c(F)c4)cc3[nH]2)C[C@@H]2CCC[C@@H]21)C(C)C. The lowest BCUT2D eigenvalue weighted by atomic mass is 10.0. The number of amides is 2. The van der Waals surface area contributed by atoms with Gasteiger partial charge in [0, 0.05) is 43.0 Å².